The molecule has 3 aromatic rings. The maximum Gasteiger partial charge on any atom is 0.271 e. The molecule has 2 aromatic heterocycles. The molecule has 3 rings (SSSR count). The lowest BCUT2D eigenvalue weighted by atomic mass is 10.2. The summed E-state index contributed by atoms with van der Waals surface area (Å²) in [6, 6.07) is 11.5. The first kappa shape index (κ1) is 20.7. The fraction of sp³-hybridized carbons (Fsp3) is 0.273. The van der Waals surface area contributed by atoms with Crippen molar-refractivity contribution >= 4 is 28.8 Å². The number of amides is 2. The summed E-state index contributed by atoms with van der Waals surface area (Å²) in [5, 5.41) is 5.42. The molecule has 2 heterocycles. The van der Waals surface area contributed by atoms with E-state index in [1.807, 2.05) is 57.2 Å². The van der Waals surface area contributed by atoms with Gasteiger partial charge in [0.25, 0.3) is 5.91 Å². The van der Waals surface area contributed by atoms with E-state index in [0.29, 0.717) is 18.7 Å². The van der Waals surface area contributed by atoms with Gasteiger partial charge in [-0.3, -0.25) is 14.6 Å². The van der Waals surface area contributed by atoms with Crippen LogP contribution in [0.3, 0.4) is 0 Å². The first-order valence-electron chi connectivity index (χ1n) is 9.43. The highest BCUT2D eigenvalue weighted by molar-refractivity contribution is 7.13. The normalized spacial score (nSPS) is 10.6. The van der Waals surface area contributed by atoms with Gasteiger partial charge in [0.05, 0.1) is 0 Å². The topological polar surface area (TPSA) is 75.2 Å². The fourth-order valence-corrected chi connectivity index (χ4v) is 3.69. The van der Waals surface area contributed by atoms with Gasteiger partial charge in [-0.25, -0.2) is 4.98 Å². The Labute approximate surface area is 174 Å². The summed E-state index contributed by atoms with van der Waals surface area (Å²) in [6.07, 6.45) is 0.460. The smallest absolute Gasteiger partial charge is 0.271 e. The number of hydrogen-bond donors (Lipinski definition) is 1. The van der Waals surface area contributed by atoms with Crippen LogP contribution in [-0.2, 0) is 11.3 Å². The quantitative estimate of drug-likeness (QED) is 0.666. The Morgan fingerprint density at radius 2 is 1.79 bits per heavy atom. The van der Waals surface area contributed by atoms with E-state index in [4.69, 9.17) is 0 Å². The van der Waals surface area contributed by atoms with Crippen molar-refractivity contribution in [2.45, 2.75) is 33.7 Å². The number of anilines is 1. The first-order chi connectivity index (χ1) is 13.9. The molecular weight excluding hydrogens is 384 g/mol. The van der Waals surface area contributed by atoms with Gasteiger partial charge >= 0.3 is 0 Å². The molecule has 1 N–H and O–H groups in total. The van der Waals surface area contributed by atoms with Crippen LogP contribution >= 0.6 is 11.3 Å². The Bertz CT molecular complexity index is 1030. The van der Waals surface area contributed by atoms with E-state index in [2.05, 4.69) is 15.3 Å². The molecule has 1 aromatic carbocycles. The molecule has 150 valence electrons. The molecule has 0 saturated carbocycles. The average molecular weight is 409 g/mol. The first-order valence-corrected chi connectivity index (χ1v) is 10.3. The van der Waals surface area contributed by atoms with Crippen LogP contribution in [0.1, 0.15) is 40.8 Å². The maximum atomic E-state index is 12.5. The second kappa shape index (κ2) is 8.96. The molecule has 0 saturated heterocycles. The van der Waals surface area contributed by atoms with Crippen molar-refractivity contribution in [1.29, 1.82) is 0 Å². The molecular formula is C22H24N4O2S. The number of benzene rings is 1. The number of carbonyl (C=O) groups excluding carboxylic acids is 2. The summed E-state index contributed by atoms with van der Waals surface area (Å²) in [7, 11) is 1.76. The summed E-state index contributed by atoms with van der Waals surface area (Å²) in [4.78, 5) is 34.8. The van der Waals surface area contributed by atoms with Gasteiger partial charge in [-0.15, -0.1) is 11.3 Å². The second-order valence-corrected chi connectivity index (χ2v) is 7.63. The Morgan fingerprint density at radius 1 is 1.07 bits per heavy atom. The van der Waals surface area contributed by atoms with Crippen molar-refractivity contribution in [3.8, 4) is 10.6 Å². The van der Waals surface area contributed by atoms with E-state index in [0.717, 1.165) is 33.2 Å². The monoisotopic (exact) mass is 408 g/mol. The van der Waals surface area contributed by atoms with Crippen LogP contribution < -0.4 is 10.2 Å². The SMILES string of the molecule is CCC(=O)N(C)c1ccc(-c2nc(C(=O)NCc3ccc(C)nc3C)cs2)cc1. The van der Waals surface area contributed by atoms with Gasteiger partial charge in [-0.2, -0.15) is 0 Å². The summed E-state index contributed by atoms with van der Waals surface area (Å²) < 4.78 is 0. The number of hydrogen-bond acceptors (Lipinski definition) is 5. The van der Waals surface area contributed by atoms with E-state index in [1.165, 1.54) is 11.3 Å². The van der Waals surface area contributed by atoms with Gasteiger partial charge in [-0.1, -0.05) is 13.0 Å². The molecule has 0 unspecified atom stereocenters. The van der Waals surface area contributed by atoms with Gasteiger partial charge in [-0.05, 0) is 49.7 Å². The number of rotatable bonds is 6. The standard InChI is InChI=1S/C22H24N4O2S/c1-5-20(27)26(4)18-10-8-16(9-11-18)22-25-19(13-29-22)21(28)23-12-17-7-6-14(2)24-15(17)3/h6-11,13H,5,12H2,1-4H3,(H,23,28). The van der Waals surface area contributed by atoms with Crippen molar-refractivity contribution in [3.05, 3.63) is 64.4 Å². The molecule has 7 heteroatoms. The Kier molecular flexibility index (Phi) is 6.39. The number of carbonyl (C=O) groups is 2. The minimum absolute atomic E-state index is 0.0602. The molecule has 0 aliphatic heterocycles. The summed E-state index contributed by atoms with van der Waals surface area (Å²) in [5.41, 5.74) is 4.99. The van der Waals surface area contributed by atoms with Gasteiger partial charge < -0.3 is 10.2 Å². The highest BCUT2D eigenvalue weighted by Crippen LogP contribution is 2.26. The minimum Gasteiger partial charge on any atom is -0.347 e. The number of aryl methyl sites for hydroxylation is 2. The van der Waals surface area contributed by atoms with Crippen molar-refractivity contribution in [2.75, 3.05) is 11.9 Å². The molecule has 0 atom stereocenters. The van der Waals surface area contributed by atoms with Crippen molar-refractivity contribution in [1.82, 2.24) is 15.3 Å². The van der Waals surface area contributed by atoms with Crippen LogP contribution in [-0.4, -0.2) is 28.8 Å². The molecule has 0 spiro atoms. The van der Waals surface area contributed by atoms with Crippen molar-refractivity contribution in [3.63, 3.8) is 0 Å². The molecule has 0 aliphatic carbocycles. The number of pyridine rings is 1. The number of aromatic nitrogens is 2. The van der Waals surface area contributed by atoms with E-state index in [-0.39, 0.29) is 11.8 Å². The van der Waals surface area contributed by atoms with Crippen LogP contribution in [0.5, 0.6) is 0 Å². The molecule has 6 nitrogen and oxygen atoms in total. The van der Waals surface area contributed by atoms with Crippen molar-refractivity contribution in [2.24, 2.45) is 0 Å². The second-order valence-electron chi connectivity index (χ2n) is 6.77. The summed E-state index contributed by atoms with van der Waals surface area (Å²) >= 11 is 1.42. The van der Waals surface area contributed by atoms with Crippen molar-refractivity contribution < 1.29 is 9.59 Å². The number of nitrogens with one attached hydrogen (secondary N) is 1. The Hall–Kier alpha value is -3.06. The zero-order chi connectivity index (χ0) is 21.0. The van der Waals surface area contributed by atoms with E-state index in [1.54, 1.807) is 17.3 Å². The molecule has 29 heavy (non-hydrogen) atoms. The summed E-state index contributed by atoms with van der Waals surface area (Å²) in [6.45, 7) is 6.13. The predicted octanol–water partition coefficient (Wildman–Crippen LogP) is 4.12. The fourth-order valence-electron chi connectivity index (χ4n) is 2.89. The van der Waals surface area contributed by atoms with Crippen LogP contribution in [0, 0.1) is 13.8 Å². The Balaban J connectivity index is 1.66. The van der Waals surface area contributed by atoms with Gasteiger partial charge in [0, 0.05) is 48.0 Å². The van der Waals surface area contributed by atoms with Crippen LogP contribution in [0.4, 0.5) is 5.69 Å². The minimum atomic E-state index is -0.211. The molecule has 0 aliphatic rings. The zero-order valence-electron chi connectivity index (χ0n) is 17.0. The highest BCUT2D eigenvalue weighted by Gasteiger charge is 2.13. The largest absolute Gasteiger partial charge is 0.347 e. The average Bonchev–Trinajstić information content (AvgIpc) is 3.22. The number of thiazole rings is 1. The number of nitrogens with zero attached hydrogens (tertiary/aromatic N) is 3. The van der Waals surface area contributed by atoms with E-state index >= 15 is 0 Å². The Morgan fingerprint density at radius 3 is 2.45 bits per heavy atom. The highest BCUT2D eigenvalue weighted by atomic mass is 32.1. The lowest BCUT2D eigenvalue weighted by Crippen LogP contribution is -2.24. The predicted molar refractivity (Wildman–Crippen MR) is 116 cm³/mol. The molecule has 0 bridgehead atoms. The third-order valence-electron chi connectivity index (χ3n) is 4.69. The van der Waals surface area contributed by atoms with E-state index < -0.39 is 0 Å². The van der Waals surface area contributed by atoms with Crippen LogP contribution in [0.2, 0.25) is 0 Å². The molecule has 2 amide bonds. The maximum absolute atomic E-state index is 12.5. The lowest BCUT2D eigenvalue weighted by Gasteiger charge is -2.16. The summed E-state index contributed by atoms with van der Waals surface area (Å²) in [5.74, 6) is -0.151. The molecule has 0 fully saturated rings. The van der Waals surface area contributed by atoms with Crippen LogP contribution in [0.15, 0.2) is 41.8 Å². The third kappa shape index (κ3) is 4.86. The molecule has 0 radical (unpaired) electrons. The third-order valence-corrected chi connectivity index (χ3v) is 5.58. The van der Waals surface area contributed by atoms with Gasteiger partial charge in [0.2, 0.25) is 5.91 Å². The van der Waals surface area contributed by atoms with Gasteiger partial charge in [0.15, 0.2) is 0 Å². The zero-order valence-corrected chi connectivity index (χ0v) is 17.8. The lowest BCUT2D eigenvalue weighted by molar-refractivity contribution is -0.118. The van der Waals surface area contributed by atoms with E-state index in [9.17, 15) is 9.59 Å². The van der Waals surface area contributed by atoms with Crippen LogP contribution in [0.25, 0.3) is 10.6 Å². The van der Waals surface area contributed by atoms with Gasteiger partial charge in [0.1, 0.15) is 10.7 Å².